The summed E-state index contributed by atoms with van der Waals surface area (Å²) in [6.07, 6.45) is 3.57. The zero-order valence-corrected chi connectivity index (χ0v) is 18.5. The molecule has 0 saturated carbocycles. The molecule has 0 aliphatic carbocycles. The number of nitrogens with zero attached hydrogens (tertiary/aromatic N) is 4. The van der Waals surface area contributed by atoms with Gasteiger partial charge in [-0.2, -0.15) is 5.10 Å². The molecule has 6 nitrogen and oxygen atoms in total. The summed E-state index contributed by atoms with van der Waals surface area (Å²) in [5.74, 6) is 0.196. The Labute approximate surface area is 177 Å². The summed E-state index contributed by atoms with van der Waals surface area (Å²) in [6.45, 7) is 11.2. The number of rotatable bonds is 2. The lowest BCUT2D eigenvalue weighted by Gasteiger charge is -2.34. The van der Waals surface area contributed by atoms with Gasteiger partial charge in [-0.15, -0.1) is 0 Å². The molecule has 6 heteroatoms. The molecule has 4 rings (SSSR count). The molecule has 1 fully saturated rings. The van der Waals surface area contributed by atoms with Crippen LogP contribution in [0.4, 0.5) is 4.79 Å². The van der Waals surface area contributed by atoms with E-state index in [1.54, 1.807) is 0 Å². The van der Waals surface area contributed by atoms with E-state index in [0.29, 0.717) is 6.54 Å². The van der Waals surface area contributed by atoms with E-state index in [9.17, 15) is 4.79 Å². The van der Waals surface area contributed by atoms with Gasteiger partial charge < -0.3 is 9.64 Å². The first-order valence-corrected chi connectivity index (χ1v) is 10.6. The Hall–Kier alpha value is -2.89. The van der Waals surface area contributed by atoms with Crippen LogP contribution in [0.1, 0.15) is 56.4 Å². The smallest absolute Gasteiger partial charge is 0.410 e. The third-order valence-corrected chi connectivity index (χ3v) is 5.56. The van der Waals surface area contributed by atoms with Crippen LogP contribution in [0, 0.1) is 13.8 Å². The van der Waals surface area contributed by atoms with Crippen molar-refractivity contribution >= 4 is 11.7 Å². The Morgan fingerprint density at radius 2 is 2.00 bits per heavy atom. The van der Waals surface area contributed by atoms with Gasteiger partial charge in [0.2, 0.25) is 0 Å². The quantitative estimate of drug-likeness (QED) is 0.592. The lowest BCUT2D eigenvalue weighted by Crippen LogP contribution is -2.42. The summed E-state index contributed by atoms with van der Waals surface area (Å²) in [6, 6.07) is 10.4. The van der Waals surface area contributed by atoms with E-state index >= 15 is 0 Å². The van der Waals surface area contributed by atoms with Crippen molar-refractivity contribution in [2.24, 2.45) is 0 Å². The van der Waals surface area contributed by atoms with Crippen LogP contribution in [-0.4, -0.2) is 44.3 Å². The number of fused-ring (bicyclic) bond motifs is 1. The maximum Gasteiger partial charge on any atom is 0.410 e. The number of likely N-dealkylation sites (tertiary alicyclic amines) is 1. The number of aryl methyl sites for hydroxylation is 2. The summed E-state index contributed by atoms with van der Waals surface area (Å²) in [5.41, 5.74) is 5.81. The number of ether oxygens (including phenoxy) is 1. The third kappa shape index (κ3) is 4.04. The zero-order chi connectivity index (χ0) is 21.5. The van der Waals surface area contributed by atoms with Crippen molar-refractivity contribution in [3.63, 3.8) is 0 Å². The average Bonchev–Trinajstić information content (AvgIpc) is 3.04. The van der Waals surface area contributed by atoms with Crippen molar-refractivity contribution in [2.45, 2.75) is 59.0 Å². The molecular weight excluding hydrogens is 376 g/mol. The van der Waals surface area contributed by atoms with Crippen molar-refractivity contribution in [2.75, 3.05) is 13.1 Å². The lowest BCUT2D eigenvalue weighted by molar-refractivity contribution is 0.0196. The second kappa shape index (κ2) is 7.74. The highest BCUT2D eigenvalue weighted by molar-refractivity contribution is 5.71. The van der Waals surface area contributed by atoms with Crippen LogP contribution in [0.3, 0.4) is 0 Å². The summed E-state index contributed by atoms with van der Waals surface area (Å²) in [4.78, 5) is 19.0. The van der Waals surface area contributed by atoms with Gasteiger partial charge in [0, 0.05) is 36.3 Å². The monoisotopic (exact) mass is 406 g/mol. The first-order valence-electron chi connectivity index (χ1n) is 10.6. The molecule has 1 atom stereocenters. The fraction of sp³-hybridized carbons (Fsp3) is 0.458. The van der Waals surface area contributed by atoms with E-state index in [2.05, 4.69) is 43.1 Å². The Balaban J connectivity index is 1.67. The number of benzene rings is 1. The molecule has 158 valence electrons. The Kier molecular flexibility index (Phi) is 5.26. The maximum absolute atomic E-state index is 12.6. The molecule has 0 bridgehead atoms. The minimum atomic E-state index is -0.490. The van der Waals surface area contributed by atoms with Crippen molar-refractivity contribution in [1.29, 1.82) is 0 Å². The maximum atomic E-state index is 12.6. The minimum absolute atomic E-state index is 0.196. The molecule has 30 heavy (non-hydrogen) atoms. The normalized spacial score (nSPS) is 17.4. The van der Waals surface area contributed by atoms with Crippen LogP contribution < -0.4 is 0 Å². The first kappa shape index (κ1) is 20.4. The van der Waals surface area contributed by atoms with E-state index < -0.39 is 5.60 Å². The molecule has 0 spiro atoms. The number of aromatic nitrogens is 3. The number of hydrogen-bond acceptors (Lipinski definition) is 4. The van der Waals surface area contributed by atoms with E-state index in [1.807, 2.05) is 42.4 Å². The molecule has 1 aromatic carbocycles. The van der Waals surface area contributed by atoms with Gasteiger partial charge in [-0.3, -0.25) is 0 Å². The predicted octanol–water partition coefficient (Wildman–Crippen LogP) is 5.13. The molecule has 0 radical (unpaired) electrons. The van der Waals surface area contributed by atoms with Crippen molar-refractivity contribution in [3.8, 4) is 11.3 Å². The molecular formula is C24H30N4O2. The van der Waals surface area contributed by atoms with Gasteiger partial charge in [0.1, 0.15) is 5.60 Å². The highest BCUT2D eigenvalue weighted by Gasteiger charge is 2.30. The number of carbonyl (C=O) groups is 1. The highest BCUT2D eigenvalue weighted by Crippen LogP contribution is 2.31. The van der Waals surface area contributed by atoms with Gasteiger partial charge in [-0.1, -0.05) is 23.8 Å². The number of amides is 1. The zero-order valence-electron chi connectivity index (χ0n) is 18.5. The van der Waals surface area contributed by atoms with Crippen molar-refractivity contribution < 1.29 is 9.53 Å². The van der Waals surface area contributed by atoms with Gasteiger partial charge in [0.25, 0.3) is 0 Å². The largest absolute Gasteiger partial charge is 0.444 e. The second-order valence-electron chi connectivity index (χ2n) is 9.21. The highest BCUT2D eigenvalue weighted by atomic mass is 16.6. The van der Waals surface area contributed by atoms with Gasteiger partial charge in [0.15, 0.2) is 5.65 Å². The average molecular weight is 407 g/mol. The van der Waals surface area contributed by atoms with Crippen LogP contribution in [0.2, 0.25) is 0 Å². The van der Waals surface area contributed by atoms with Crippen molar-refractivity contribution in [1.82, 2.24) is 19.5 Å². The van der Waals surface area contributed by atoms with Crippen molar-refractivity contribution in [3.05, 3.63) is 53.3 Å². The molecule has 0 unspecified atom stereocenters. The number of hydrogen-bond donors (Lipinski definition) is 0. The van der Waals surface area contributed by atoms with Crippen LogP contribution in [0.5, 0.6) is 0 Å². The molecule has 0 N–H and O–H groups in total. The second-order valence-corrected chi connectivity index (χ2v) is 9.21. The number of piperidine rings is 1. The molecule has 1 amide bonds. The lowest BCUT2D eigenvalue weighted by atomic mass is 9.94. The summed E-state index contributed by atoms with van der Waals surface area (Å²) in [5, 5.41) is 4.95. The minimum Gasteiger partial charge on any atom is -0.444 e. The fourth-order valence-corrected chi connectivity index (χ4v) is 4.16. The fourth-order valence-electron chi connectivity index (χ4n) is 4.16. The topological polar surface area (TPSA) is 59.7 Å². The number of carbonyl (C=O) groups excluding carboxylic acids is 1. The molecule has 1 aliphatic heterocycles. The van der Waals surface area contributed by atoms with Crippen LogP contribution in [0.25, 0.3) is 16.9 Å². The molecule has 3 heterocycles. The molecule has 1 aliphatic rings. The van der Waals surface area contributed by atoms with Gasteiger partial charge >= 0.3 is 6.09 Å². The van der Waals surface area contributed by atoms with E-state index in [-0.39, 0.29) is 12.0 Å². The summed E-state index contributed by atoms with van der Waals surface area (Å²) >= 11 is 0. The molecule has 2 aromatic heterocycles. The third-order valence-electron chi connectivity index (χ3n) is 5.56. The Bertz CT molecular complexity index is 1080. The summed E-state index contributed by atoms with van der Waals surface area (Å²) in [7, 11) is 0. The van der Waals surface area contributed by atoms with E-state index in [0.717, 1.165) is 47.5 Å². The first-order chi connectivity index (χ1) is 14.2. The van der Waals surface area contributed by atoms with Gasteiger partial charge in [0.05, 0.1) is 11.4 Å². The van der Waals surface area contributed by atoms with E-state index in [4.69, 9.17) is 9.84 Å². The van der Waals surface area contributed by atoms with Crippen LogP contribution in [-0.2, 0) is 4.74 Å². The Morgan fingerprint density at radius 1 is 1.20 bits per heavy atom. The predicted molar refractivity (Wildman–Crippen MR) is 118 cm³/mol. The SMILES string of the molecule is Cc1cccc(-c2nn3c([C@H]4CCCN(C(=O)OC(C)(C)C)C4)ccnc3c2C)c1. The Morgan fingerprint density at radius 3 is 2.73 bits per heavy atom. The molecule has 3 aromatic rings. The summed E-state index contributed by atoms with van der Waals surface area (Å²) < 4.78 is 7.56. The van der Waals surface area contributed by atoms with Crippen LogP contribution in [0.15, 0.2) is 36.5 Å². The standard InChI is InChI=1S/C24H30N4O2/c1-16-8-6-9-18(14-16)21-17(2)22-25-12-11-20(28(22)26-21)19-10-7-13-27(15-19)23(29)30-24(3,4)5/h6,8-9,11-12,14,19H,7,10,13,15H2,1-5H3/t19-/m0/s1. The van der Waals surface area contributed by atoms with Gasteiger partial charge in [-0.05, 0) is 59.6 Å². The molecule has 1 saturated heterocycles. The van der Waals surface area contributed by atoms with Gasteiger partial charge in [-0.25, -0.2) is 14.3 Å². The van der Waals surface area contributed by atoms with E-state index in [1.165, 1.54) is 5.56 Å². The van der Waals surface area contributed by atoms with Crippen LogP contribution >= 0.6 is 0 Å².